The van der Waals surface area contributed by atoms with E-state index in [1.807, 2.05) is 0 Å². The van der Waals surface area contributed by atoms with Crippen molar-refractivity contribution in [1.29, 1.82) is 0 Å². The van der Waals surface area contributed by atoms with E-state index in [4.69, 9.17) is 26.2 Å². The molecule has 1 aromatic rings. The van der Waals surface area contributed by atoms with Crippen LogP contribution in [0.25, 0.3) is 5.57 Å². The Hall–Kier alpha value is -1.52. The Morgan fingerprint density at radius 2 is 2.39 bits per heavy atom. The third-order valence-corrected chi connectivity index (χ3v) is 2.85. The lowest BCUT2D eigenvalue weighted by molar-refractivity contribution is -0.131. The van der Waals surface area contributed by atoms with E-state index in [1.54, 1.807) is 25.1 Å². The normalized spacial score (nSPS) is 18.6. The van der Waals surface area contributed by atoms with Gasteiger partial charge < -0.3 is 14.6 Å². The molecule has 18 heavy (non-hydrogen) atoms. The maximum atomic E-state index is 10.6. The van der Waals surface area contributed by atoms with E-state index in [1.165, 1.54) is 0 Å². The summed E-state index contributed by atoms with van der Waals surface area (Å²) in [5.74, 6) is -0.395. The van der Waals surface area contributed by atoms with E-state index in [0.717, 1.165) is 18.2 Å². The first-order chi connectivity index (χ1) is 8.56. The quantitative estimate of drug-likeness (QED) is 0.659. The molecule has 1 aromatic carbocycles. The van der Waals surface area contributed by atoms with Crippen molar-refractivity contribution in [1.82, 2.24) is 0 Å². The van der Waals surface area contributed by atoms with Crippen LogP contribution in [0.5, 0.6) is 5.75 Å². The summed E-state index contributed by atoms with van der Waals surface area (Å²) in [7, 11) is 0. The molecular formula is C13H13ClO4. The SMILES string of the molecule is C/C(=C/C(=O)O)c1ccc(OCC2CO2)c(Cl)c1. The Balaban J connectivity index is 2.10. The van der Waals surface area contributed by atoms with Crippen LogP contribution < -0.4 is 4.74 Å². The molecule has 96 valence electrons. The van der Waals surface area contributed by atoms with Gasteiger partial charge in [-0.15, -0.1) is 0 Å². The summed E-state index contributed by atoms with van der Waals surface area (Å²) in [5.41, 5.74) is 1.40. The molecule has 1 aliphatic rings. The molecule has 0 spiro atoms. The molecule has 1 aliphatic heterocycles. The zero-order chi connectivity index (χ0) is 13.1. The molecule has 0 radical (unpaired) electrons. The number of carboxylic acid groups (broad SMARTS) is 1. The van der Waals surface area contributed by atoms with E-state index in [0.29, 0.717) is 23.0 Å². The van der Waals surface area contributed by atoms with Gasteiger partial charge in [0.25, 0.3) is 0 Å². The molecule has 0 bridgehead atoms. The summed E-state index contributed by atoms with van der Waals surface area (Å²) in [6.45, 7) is 2.94. The van der Waals surface area contributed by atoms with E-state index in [-0.39, 0.29) is 6.10 Å². The number of benzene rings is 1. The molecule has 0 aromatic heterocycles. The van der Waals surface area contributed by atoms with E-state index in [9.17, 15) is 4.79 Å². The molecule has 2 rings (SSSR count). The highest BCUT2D eigenvalue weighted by Crippen LogP contribution is 2.29. The summed E-state index contributed by atoms with van der Waals surface area (Å²) < 4.78 is 10.5. The van der Waals surface area contributed by atoms with Gasteiger partial charge >= 0.3 is 5.97 Å². The van der Waals surface area contributed by atoms with Gasteiger partial charge in [0.2, 0.25) is 0 Å². The molecule has 1 heterocycles. The standard InChI is InChI=1S/C13H13ClO4/c1-8(4-13(15)16)9-2-3-12(11(14)5-9)18-7-10-6-17-10/h2-5,10H,6-7H2,1H3,(H,15,16)/b8-4-. The number of aliphatic carboxylic acids is 1. The third kappa shape index (κ3) is 3.48. The van der Waals surface area contributed by atoms with Gasteiger partial charge in [0.15, 0.2) is 0 Å². The topological polar surface area (TPSA) is 59.1 Å². The molecule has 5 heteroatoms. The summed E-state index contributed by atoms with van der Waals surface area (Å²) >= 11 is 6.07. The number of halogens is 1. The minimum absolute atomic E-state index is 0.175. The number of hydrogen-bond acceptors (Lipinski definition) is 3. The second-order valence-corrected chi connectivity index (χ2v) is 4.48. The lowest BCUT2D eigenvalue weighted by Crippen LogP contribution is -2.04. The summed E-state index contributed by atoms with van der Waals surface area (Å²) in [4.78, 5) is 10.6. The molecule has 1 fully saturated rings. The highest BCUT2D eigenvalue weighted by atomic mass is 35.5. The zero-order valence-electron chi connectivity index (χ0n) is 9.85. The first kappa shape index (κ1) is 12.9. The average Bonchev–Trinajstić information content (AvgIpc) is 3.10. The molecule has 1 N–H and O–H groups in total. The molecule has 0 amide bonds. The highest BCUT2D eigenvalue weighted by molar-refractivity contribution is 6.32. The minimum atomic E-state index is -0.977. The number of epoxide rings is 1. The maximum Gasteiger partial charge on any atom is 0.328 e. The fraction of sp³-hybridized carbons (Fsp3) is 0.308. The van der Waals surface area contributed by atoms with Crippen LogP contribution in [-0.4, -0.2) is 30.4 Å². The second-order valence-electron chi connectivity index (χ2n) is 4.08. The predicted octanol–water partition coefficient (Wildman–Crippen LogP) is 2.61. The summed E-state index contributed by atoms with van der Waals surface area (Å²) in [5, 5.41) is 9.14. The maximum absolute atomic E-state index is 10.6. The predicted molar refractivity (Wildman–Crippen MR) is 68.0 cm³/mol. The third-order valence-electron chi connectivity index (χ3n) is 2.55. The number of allylic oxidation sites excluding steroid dienone is 1. The van der Waals surface area contributed by atoms with Crippen LogP contribution >= 0.6 is 11.6 Å². The molecule has 1 saturated heterocycles. The van der Waals surface area contributed by atoms with Crippen molar-refractivity contribution >= 4 is 23.1 Å². The van der Waals surface area contributed by atoms with Gasteiger partial charge in [-0.05, 0) is 30.2 Å². The van der Waals surface area contributed by atoms with Crippen molar-refractivity contribution in [2.45, 2.75) is 13.0 Å². The molecule has 0 saturated carbocycles. The number of rotatable bonds is 5. The zero-order valence-corrected chi connectivity index (χ0v) is 10.6. The monoisotopic (exact) mass is 268 g/mol. The largest absolute Gasteiger partial charge is 0.489 e. The Kier molecular flexibility index (Phi) is 3.89. The lowest BCUT2D eigenvalue weighted by Gasteiger charge is -2.08. The summed E-state index contributed by atoms with van der Waals surface area (Å²) in [6.07, 6.45) is 1.32. The molecule has 1 unspecified atom stereocenters. The Bertz CT molecular complexity index is 492. The first-order valence-corrected chi connectivity index (χ1v) is 5.89. The Labute approximate surface area is 110 Å². The van der Waals surface area contributed by atoms with Gasteiger partial charge in [0.05, 0.1) is 11.6 Å². The van der Waals surface area contributed by atoms with Gasteiger partial charge in [0, 0.05) is 6.08 Å². The highest BCUT2D eigenvalue weighted by Gasteiger charge is 2.23. The molecule has 1 atom stereocenters. The van der Waals surface area contributed by atoms with Crippen molar-refractivity contribution in [2.24, 2.45) is 0 Å². The first-order valence-electron chi connectivity index (χ1n) is 5.52. The number of ether oxygens (including phenoxy) is 2. The van der Waals surface area contributed by atoms with Crippen molar-refractivity contribution in [3.05, 3.63) is 34.9 Å². The molecule has 0 aliphatic carbocycles. The molecule has 4 nitrogen and oxygen atoms in total. The second kappa shape index (κ2) is 5.42. The Morgan fingerprint density at radius 1 is 1.67 bits per heavy atom. The van der Waals surface area contributed by atoms with Crippen LogP contribution in [0.1, 0.15) is 12.5 Å². The minimum Gasteiger partial charge on any atom is -0.489 e. The van der Waals surface area contributed by atoms with Gasteiger partial charge in [-0.1, -0.05) is 17.7 Å². The van der Waals surface area contributed by atoms with E-state index in [2.05, 4.69) is 0 Å². The number of carbonyl (C=O) groups is 1. The van der Waals surface area contributed by atoms with Crippen molar-refractivity contribution in [3.63, 3.8) is 0 Å². The van der Waals surface area contributed by atoms with Crippen LogP contribution in [0.4, 0.5) is 0 Å². The fourth-order valence-corrected chi connectivity index (χ4v) is 1.71. The average molecular weight is 269 g/mol. The van der Waals surface area contributed by atoms with Crippen LogP contribution in [0.15, 0.2) is 24.3 Å². The van der Waals surface area contributed by atoms with Gasteiger partial charge in [-0.3, -0.25) is 0 Å². The lowest BCUT2D eigenvalue weighted by atomic mass is 10.1. The van der Waals surface area contributed by atoms with Crippen LogP contribution in [0, 0.1) is 0 Å². The fourth-order valence-electron chi connectivity index (χ4n) is 1.48. The van der Waals surface area contributed by atoms with Gasteiger partial charge in [0.1, 0.15) is 18.5 Å². The number of hydrogen-bond donors (Lipinski definition) is 1. The van der Waals surface area contributed by atoms with Gasteiger partial charge in [-0.25, -0.2) is 4.79 Å². The van der Waals surface area contributed by atoms with Crippen molar-refractivity contribution < 1.29 is 19.4 Å². The van der Waals surface area contributed by atoms with E-state index < -0.39 is 5.97 Å². The van der Waals surface area contributed by atoms with Gasteiger partial charge in [-0.2, -0.15) is 0 Å². The van der Waals surface area contributed by atoms with Crippen molar-refractivity contribution in [3.8, 4) is 5.75 Å². The van der Waals surface area contributed by atoms with Crippen molar-refractivity contribution in [2.75, 3.05) is 13.2 Å². The van der Waals surface area contributed by atoms with E-state index >= 15 is 0 Å². The van der Waals surface area contributed by atoms with Crippen LogP contribution in [-0.2, 0) is 9.53 Å². The van der Waals surface area contributed by atoms with Crippen LogP contribution in [0.3, 0.4) is 0 Å². The van der Waals surface area contributed by atoms with Crippen LogP contribution in [0.2, 0.25) is 5.02 Å². The Morgan fingerprint density at radius 3 is 2.94 bits per heavy atom. The summed E-state index contributed by atoms with van der Waals surface area (Å²) in [6, 6.07) is 5.21. The molecular weight excluding hydrogens is 256 g/mol. The number of carboxylic acids is 1. The smallest absolute Gasteiger partial charge is 0.328 e.